The van der Waals surface area contributed by atoms with Crippen molar-refractivity contribution in [3.63, 3.8) is 0 Å². The monoisotopic (exact) mass is 316 g/mol. The van der Waals surface area contributed by atoms with Crippen LogP contribution in [0.3, 0.4) is 0 Å². The quantitative estimate of drug-likeness (QED) is 0.710. The van der Waals surface area contributed by atoms with Gasteiger partial charge in [-0.3, -0.25) is 4.79 Å². The Hall–Kier alpha value is -3.07. The molecule has 1 N–H and O–H groups in total. The molecule has 0 aliphatic rings. The number of rotatable bonds is 5. The van der Waals surface area contributed by atoms with Crippen LogP contribution in [0.5, 0.6) is 0 Å². The summed E-state index contributed by atoms with van der Waals surface area (Å²) in [5.41, 5.74) is 3.69. The molecule has 0 bridgehead atoms. The molecule has 120 valence electrons. The van der Waals surface area contributed by atoms with Crippen molar-refractivity contribution in [1.82, 2.24) is 0 Å². The van der Waals surface area contributed by atoms with Crippen molar-refractivity contribution in [2.24, 2.45) is 0 Å². The summed E-state index contributed by atoms with van der Waals surface area (Å²) in [7, 11) is 0. The van der Waals surface area contributed by atoms with Gasteiger partial charge in [-0.05, 0) is 55.5 Å². The van der Waals surface area contributed by atoms with Crippen molar-refractivity contribution in [3.8, 4) is 0 Å². The highest BCUT2D eigenvalue weighted by Crippen LogP contribution is 2.26. The van der Waals surface area contributed by atoms with Crippen molar-refractivity contribution >= 4 is 23.0 Å². The van der Waals surface area contributed by atoms with Crippen molar-refractivity contribution in [3.05, 3.63) is 90.5 Å². The van der Waals surface area contributed by atoms with Crippen molar-refractivity contribution in [1.29, 1.82) is 0 Å². The highest BCUT2D eigenvalue weighted by Gasteiger charge is 2.08. The summed E-state index contributed by atoms with van der Waals surface area (Å²) in [6.07, 6.45) is 0. The first-order valence-corrected chi connectivity index (χ1v) is 8.07. The van der Waals surface area contributed by atoms with E-state index in [9.17, 15) is 4.79 Å². The fourth-order valence-electron chi connectivity index (χ4n) is 2.64. The average Bonchev–Trinajstić information content (AvgIpc) is 2.65. The number of nitrogens with zero attached hydrogens (tertiary/aromatic N) is 1. The molecule has 24 heavy (non-hydrogen) atoms. The lowest BCUT2D eigenvalue weighted by Gasteiger charge is -2.23. The number of para-hydroxylation sites is 1. The Balaban J connectivity index is 1.74. The van der Waals surface area contributed by atoms with Crippen LogP contribution < -0.4 is 10.2 Å². The van der Waals surface area contributed by atoms with E-state index in [0.29, 0.717) is 5.56 Å². The van der Waals surface area contributed by atoms with Gasteiger partial charge in [-0.1, -0.05) is 36.4 Å². The number of nitrogens with one attached hydrogen (secondary N) is 1. The van der Waals surface area contributed by atoms with E-state index >= 15 is 0 Å². The Labute approximate surface area is 142 Å². The van der Waals surface area contributed by atoms with Gasteiger partial charge in [0.15, 0.2) is 0 Å². The SMILES string of the molecule is CCN(c1ccccc1)c1ccc(NC(=O)c2ccccc2)cc1. The maximum absolute atomic E-state index is 12.2. The largest absolute Gasteiger partial charge is 0.342 e. The normalized spacial score (nSPS) is 10.2. The van der Waals surface area contributed by atoms with Gasteiger partial charge in [0.05, 0.1) is 0 Å². The molecule has 1 amide bonds. The zero-order chi connectivity index (χ0) is 16.8. The molecule has 0 fully saturated rings. The molecule has 0 atom stereocenters. The zero-order valence-electron chi connectivity index (χ0n) is 13.6. The van der Waals surface area contributed by atoms with Gasteiger partial charge in [0.1, 0.15) is 0 Å². The van der Waals surface area contributed by atoms with E-state index in [2.05, 4.69) is 29.3 Å². The first kappa shape index (κ1) is 15.8. The molecule has 0 aromatic heterocycles. The molecule has 0 spiro atoms. The molecule has 3 nitrogen and oxygen atoms in total. The Bertz CT molecular complexity index is 783. The molecule has 0 aliphatic heterocycles. The Kier molecular flexibility index (Phi) is 4.92. The maximum atomic E-state index is 12.2. The maximum Gasteiger partial charge on any atom is 0.255 e. The van der Waals surface area contributed by atoms with Crippen LogP contribution in [-0.2, 0) is 0 Å². The summed E-state index contributed by atoms with van der Waals surface area (Å²) < 4.78 is 0. The summed E-state index contributed by atoms with van der Waals surface area (Å²) in [6, 6.07) is 27.4. The molecule has 0 saturated carbocycles. The van der Waals surface area contributed by atoms with Crippen molar-refractivity contribution in [2.45, 2.75) is 6.92 Å². The van der Waals surface area contributed by atoms with Gasteiger partial charge >= 0.3 is 0 Å². The lowest BCUT2D eigenvalue weighted by Crippen LogP contribution is -2.16. The molecule has 0 heterocycles. The van der Waals surface area contributed by atoms with Crippen LogP contribution in [0.4, 0.5) is 17.1 Å². The van der Waals surface area contributed by atoms with E-state index in [-0.39, 0.29) is 5.91 Å². The zero-order valence-corrected chi connectivity index (χ0v) is 13.6. The second-order valence-corrected chi connectivity index (χ2v) is 5.45. The lowest BCUT2D eigenvalue weighted by atomic mass is 10.2. The van der Waals surface area contributed by atoms with Crippen LogP contribution >= 0.6 is 0 Å². The van der Waals surface area contributed by atoms with Gasteiger partial charge in [-0.15, -0.1) is 0 Å². The molecule has 0 radical (unpaired) electrons. The predicted octanol–water partition coefficient (Wildman–Crippen LogP) is 5.10. The lowest BCUT2D eigenvalue weighted by molar-refractivity contribution is 0.102. The molecule has 3 aromatic rings. The second kappa shape index (κ2) is 7.47. The van der Waals surface area contributed by atoms with E-state index in [1.165, 1.54) is 0 Å². The Morgan fingerprint density at radius 2 is 1.33 bits per heavy atom. The van der Waals surface area contributed by atoms with Gasteiger partial charge in [0.2, 0.25) is 0 Å². The van der Waals surface area contributed by atoms with Gasteiger partial charge in [-0.25, -0.2) is 0 Å². The molecule has 0 unspecified atom stereocenters. The van der Waals surface area contributed by atoms with Crippen molar-refractivity contribution in [2.75, 3.05) is 16.8 Å². The van der Waals surface area contributed by atoms with E-state index in [4.69, 9.17) is 0 Å². The summed E-state index contributed by atoms with van der Waals surface area (Å²) in [5, 5.41) is 2.92. The number of hydrogen-bond acceptors (Lipinski definition) is 2. The highest BCUT2D eigenvalue weighted by atomic mass is 16.1. The number of hydrogen-bond donors (Lipinski definition) is 1. The number of benzene rings is 3. The average molecular weight is 316 g/mol. The molecular weight excluding hydrogens is 296 g/mol. The third-order valence-electron chi connectivity index (χ3n) is 3.86. The van der Waals surface area contributed by atoms with Crippen LogP contribution in [0.2, 0.25) is 0 Å². The van der Waals surface area contributed by atoms with E-state index in [0.717, 1.165) is 23.6 Å². The Morgan fingerprint density at radius 1 is 0.792 bits per heavy atom. The number of carbonyl (C=O) groups excluding carboxylic acids is 1. The van der Waals surface area contributed by atoms with Gasteiger partial charge < -0.3 is 10.2 Å². The standard InChI is InChI=1S/C21H20N2O/c1-2-23(19-11-7-4-8-12-19)20-15-13-18(14-16-20)22-21(24)17-9-5-3-6-10-17/h3-16H,2H2,1H3,(H,22,24). The smallest absolute Gasteiger partial charge is 0.255 e. The Morgan fingerprint density at radius 3 is 1.92 bits per heavy atom. The van der Waals surface area contributed by atoms with E-state index < -0.39 is 0 Å². The van der Waals surface area contributed by atoms with Gasteiger partial charge in [-0.2, -0.15) is 0 Å². The molecule has 3 heteroatoms. The van der Waals surface area contributed by atoms with E-state index in [1.54, 1.807) is 12.1 Å². The minimum Gasteiger partial charge on any atom is -0.342 e. The van der Waals surface area contributed by atoms with Gasteiger partial charge in [0, 0.05) is 29.2 Å². The third kappa shape index (κ3) is 3.63. The summed E-state index contributed by atoms with van der Waals surface area (Å²) in [4.78, 5) is 14.4. The summed E-state index contributed by atoms with van der Waals surface area (Å²) in [6.45, 7) is 3.00. The molecule has 0 aliphatic carbocycles. The van der Waals surface area contributed by atoms with Crippen molar-refractivity contribution < 1.29 is 4.79 Å². The van der Waals surface area contributed by atoms with Crippen LogP contribution in [0, 0.1) is 0 Å². The molecule has 0 saturated heterocycles. The minimum absolute atomic E-state index is 0.0984. The minimum atomic E-state index is -0.0984. The van der Waals surface area contributed by atoms with Crippen LogP contribution in [0.25, 0.3) is 0 Å². The topological polar surface area (TPSA) is 32.3 Å². The van der Waals surface area contributed by atoms with E-state index in [1.807, 2.05) is 60.7 Å². The first-order chi connectivity index (χ1) is 11.8. The number of carbonyl (C=O) groups is 1. The van der Waals surface area contributed by atoms with Crippen LogP contribution in [0.1, 0.15) is 17.3 Å². The van der Waals surface area contributed by atoms with Gasteiger partial charge in [0.25, 0.3) is 5.91 Å². The highest BCUT2D eigenvalue weighted by molar-refractivity contribution is 6.04. The number of anilines is 3. The molecule has 3 rings (SSSR count). The molecular formula is C21H20N2O. The molecule has 3 aromatic carbocycles. The third-order valence-corrected chi connectivity index (χ3v) is 3.86. The number of amides is 1. The first-order valence-electron chi connectivity index (χ1n) is 8.07. The fourth-order valence-corrected chi connectivity index (χ4v) is 2.64. The van der Waals surface area contributed by atoms with Crippen LogP contribution in [0.15, 0.2) is 84.9 Å². The van der Waals surface area contributed by atoms with Crippen LogP contribution in [-0.4, -0.2) is 12.5 Å². The summed E-state index contributed by atoms with van der Waals surface area (Å²) >= 11 is 0. The second-order valence-electron chi connectivity index (χ2n) is 5.45. The summed E-state index contributed by atoms with van der Waals surface area (Å²) in [5.74, 6) is -0.0984. The predicted molar refractivity (Wildman–Crippen MR) is 100.0 cm³/mol. The fraction of sp³-hybridized carbons (Fsp3) is 0.0952.